The van der Waals surface area contributed by atoms with Gasteiger partial charge < -0.3 is 14.6 Å². The van der Waals surface area contributed by atoms with Gasteiger partial charge in [0.2, 0.25) is 5.78 Å². The predicted molar refractivity (Wildman–Crippen MR) is 94.2 cm³/mol. The summed E-state index contributed by atoms with van der Waals surface area (Å²) in [5, 5.41) is 20.4. The first-order chi connectivity index (χ1) is 12.6. The molecule has 0 amide bonds. The number of carbonyl (C=O) groups is 2. The molecule has 0 aliphatic heterocycles. The van der Waals surface area contributed by atoms with Gasteiger partial charge in [0.05, 0.1) is 23.3 Å². The zero-order chi connectivity index (χ0) is 18.3. The van der Waals surface area contributed by atoms with Gasteiger partial charge in [-0.2, -0.15) is 0 Å². The van der Waals surface area contributed by atoms with Crippen molar-refractivity contribution in [3.8, 4) is 11.5 Å². The van der Waals surface area contributed by atoms with Crippen LogP contribution < -0.4 is 0 Å². The number of ketones is 2. The van der Waals surface area contributed by atoms with Gasteiger partial charge in [-0.25, -0.2) is 0 Å². The second-order valence-corrected chi connectivity index (χ2v) is 6.00. The first-order valence-corrected chi connectivity index (χ1v) is 8.02. The summed E-state index contributed by atoms with van der Waals surface area (Å²) in [4.78, 5) is 25.7. The summed E-state index contributed by atoms with van der Waals surface area (Å²) in [5.41, 5.74) is 0.932. The first-order valence-electron chi connectivity index (χ1n) is 8.02. The Balaban J connectivity index is 1.88. The van der Waals surface area contributed by atoms with Crippen LogP contribution in [0.25, 0.3) is 6.08 Å². The number of phenolic OH excluding ortho intramolecular Hbond substituents is 2. The molecule has 0 radical (unpaired) electrons. The number of fused-ring (bicyclic) bond motifs is 2. The summed E-state index contributed by atoms with van der Waals surface area (Å²) in [6.07, 6.45) is 4.43. The fourth-order valence-corrected chi connectivity index (χ4v) is 3.34. The molecule has 0 spiro atoms. The average Bonchev–Trinajstić information content (AvgIpc) is 3.13. The summed E-state index contributed by atoms with van der Waals surface area (Å²) in [7, 11) is 0. The molecule has 1 aliphatic carbocycles. The minimum absolute atomic E-state index is 0.0475. The smallest absolute Gasteiger partial charge is 0.201 e. The van der Waals surface area contributed by atoms with E-state index in [1.807, 2.05) is 0 Å². The molecule has 0 saturated carbocycles. The van der Waals surface area contributed by atoms with Crippen molar-refractivity contribution >= 4 is 17.6 Å². The Morgan fingerprint density at radius 3 is 2.08 bits per heavy atom. The number of hydrogen-bond acceptors (Lipinski definition) is 5. The third-order valence-electron chi connectivity index (χ3n) is 4.47. The number of aromatic hydroxyl groups is 2. The van der Waals surface area contributed by atoms with Crippen molar-refractivity contribution in [3.05, 3.63) is 88.9 Å². The van der Waals surface area contributed by atoms with E-state index in [1.54, 1.807) is 42.5 Å². The maximum atomic E-state index is 12.9. The minimum Gasteiger partial charge on any atom is -0.507 e. The lowest BCUT2D eigenvalue weighted by Crippen LogP contribution is -2.24. The Kier molecular flexibility index (Phi) is 3.69. The number of allylic oxidation sites excluding steroid dienone is 1. The molecule has 4 rings (SSSR count). The topological polar surface area (TPSA) is 87.7 Å². The summed E-state index contributed by atoms with van der Waals surface area (Å²) in [5.74, 6) is -1.48. The van der Waals surface area contributed by atoms with Crippen LogP contribution in [0, 0.1) is 0 Å². The summed E-state index contributed by atoms with van der Waals surface area (Å²) in [6.45, 7) is 0. The van der Waals surface area contributed by atoms with E-state index in [0.717, 1.165) is 0 Å². The van der Waals surface area contributed by atoms with Crippen LogP contribution in [-0.4, -0.2) is 21.8 Å². The number of hydrogen-bond donors (Lipinski definition) is 2. The molecule has 0 saturated heterocycles. The number of furan rings is 1. The Labute approximate surface area is 148 Å². The lowest BCUT2D eigenvalue weighted by molar-refractivity contribution is -0.115. The van der Waals surface area contributed by atoms with E-state index in [-0.39, 0.29) is 28.4 Å². The maximum Gasteiger partial charge on any atom is 0.201 e. The molecule has 5 heteroatoms. The van der Waals surface area contributed by atoms with Crippen LogP contribution in [0.15, 0.2) is 65.3 Å². The van der Waals surface area contributed by atoms with Crippen LogP contribution >= 0.6 is 0 Å². The molecule has 2 aromatic carbocycles. The summed E-state index contributed by atoms with van der Waals surface area (Å²) >= 11 is 0. The molecule has 0 unspecified atom stereocenters. The van der Waals surface area contributed by atoms with Gasteiger partial charge in [0.1, 0.15) is 17.3 Å². The van der Waals surface area contributed by atoms with Crippen molar-refractivity contribution in [2.75, 3.05) is 0 Å². The normalized spacial score (nSPS) is 13.6. The van der Waals surface area contributed by atoms with E-state index in [2.05, 4.69) is 0 Å². The van der Waals surface area contributed by atoms with E-state index in [4.69, 9.17) is 4.42 Å². The highest BCUT2D eigenvalue weighted by Gasteiger charge is 2.37. The Hall–Kier alpha value is -3.60. The fourth-order valence-electron chi connectivity index (χ4n) is 3.34. The molecule has 0 bridgehead atoms. The van der Waals surface area contributed by atoms with Crippen LogP contribution in [0.2, 0.25) is 0 Å². The molecular formula is C21H14O5. The number of rotatable bonds is 3. The van der Waals surface area contributed by atoms with E-state index in [9.17, 15) is 19.8 Å². The van der Waals surface area contributed by atoms with Crippen LogP contribution in [0.1, 0.15) is 38.7 Å². The van der Waals surface area contributed by atoms with Gasteiger partial charge in [-0.1, -0.05) is 24.3 Å². The summed E-state index contributed by atoms with van der Waals surface area (Å²) in [6, 6.07) is 12.7. The van der Waals surface area contributed by atoms with Gasteiger partial charge in [0.15, 0.2) is 5.78 Å². The van der Waals surface area contributed by atoms with Crippen LogP contribution in [-0.2, 0) is 4.79 Å². The molecule has 1 heterocycles. The second-order valence-electron chi connectivity index (χ2n) is 6.00. The van der Waals surface area contributed by atoms with Gasteiger partial charge in [-0.15, -0.1) is 0 Å². The molecular weight excluding hydrogens is 332 g/mol. The molecule has 26 heavy (non-hydrogen) atoms. The Bertz CT molecular complexity index is 989. The minimum atomic E-state index is -0.803. The third kappa shape index (κ3) is 2.41. The molecule has 1 aromatic heterocycles. The van der Waals surface area contributed by atoms with E-state index >= 15 is 0 Å². The van der Waals surface area contributed by atoms with Gasteiger partial charge in [-0.3, -0.25) is 9.59 Å². The molecule has 1 aliphatic rings. The number of phenols is 2. The highest BCUT2D eigenvalue weighted by atomic mass is 16.3. The van der Waals surface area contributed by atoms with Crippen LogP contribution in [0.5, 0.6) is 11.5 Å². The third-order valence-corrected chi connectivity index (χ3v) is 4.47. The van der Waals surface area contributed by atoms with Crippen LogP contribution in [0.3, 0.4) is 0 Å². The fraction of sp³-hybridized carbons (Fsp3) is 0.0476. The largest absolute Gasteiger partial charge is 0.507 e. The molecule has 3 aromatic rings. The SMILES string of the molecule is O=C1c2c(O)cccc2C(C(=O)/C=C/c2ccco2)c2cccc(O)c21. The van der Waals surface area contributed by atoms with Crippen molar-refractivity contribution in [2.45, 2.75) is 5.92 Å². The molecule has 5 nitrogen and oxygen atoms in total. The first kappa shape index (κ1) is 15.9. The standard InChI is InChI=1S/C21H14O5/c22-15-7-1-5-13-18(17(24)10-9-12-4-3-11-26-12)14-6-2-8-16(23)20(14)21(25)19(13)15/h1-11,18,22-23H/b10-9+. The Morgan fingerprint density at radius 1 is 0.923 bits per heavy atom. The number of benzene rings is 2. The zero-order valence-corrected chi connectivity index (χ0v) is 13.5. The highest BCUT2D eigenvalue weighted by molar-refractivity contribution is 6.19. The second kappa shape index (κ2) is 6.04. The van der Waals surface area contributed by atoms with Crippen molar-refractivity contribution < 1.29 is 24.2 Å². The van der Waals surface area contributed by atoms with E-state index in [0.29, 0.717) is 16.9 Å². The molecule has 2 N–H and O–H groups in total. The van der Waals surface area contributed by atoms with Crippen molar-refractivity contribution in [1.29, 1.82) is 0 Å². The lowest BCUT2D eigenvalue weighted by Gasteiger charge is -2.26. The van der Waals surface area contributed by atoms with Crippen molar-refractivity contribution in [2.24, 2.45) is 0 Å². The van der Waals surface area contributed by atoms with Gasteiger partial charge in [0.25, 0.3) is 0 Å². The molecule has 0 atom stereocenters. The van der Waals surface area contributed by atoms with E-state index < -0.39 is 11.7 Å². The summed E-state index contributed by atoms with van der Waals surface area (Å²) < 4.78 is 5.19. The zero-order valence-electron chi connectivity index (χ0n) is 13.5. The highest BCUT2D eigenvalue weighted by Crippen LogP contribution is 2.43. The molecule has 0 fully saturated rings. The van der Waals surface area contributed by atoms with Crippen molar-refractivity contribution in [3.63, 3.8) is 0 Å². The molecule has 128 valence electrons. The maximum absolute atomic E-state index is 12.9. The monoisotopic (exact) mass is 346 g/mol. The average molecular weight is 346 g/mol. The Morgan fingerprint density at radius 2 is 1.54 bits per heavy atom. The van der Waals surface area contributed by atoms with Gasteiger partial charge in [-0.05, 0) is 47.5 Å². The van der Waals surface area contributed by atoms with Crippen molar-refractivity contribution in [1.82, 2.24) is 0 Å². The van der Waals surface area contributed by atoms with Gasteiger partial charge in [0, 0.05) is 0 Å². The quantitative estimate of drug-likeness (QED) is 0.707. The number of carbonyl (C=O) groups excluding carboxylic acids is 2. The van der Waals surface area contributed by atoms with Gasteiger partial charge >= 0.3 is 0 Å². The predicted octanol–water partition coefficient (Wildman–Crippen LogP) is 3.65. The lowest BCUT2D eigenvalue weighted by atomic mass is 9.75. The van der Waals surface area contributed by atoms with E-state index in [1.165, 1.54) is 24.5 Å². The van der Waals surface area contributed by atoms with Crippen LogP contribution in [0.4, 0.5) is 0 Å².